The first-order valence-electron chi connectivity index (χ1n) is 10.8. The summed E-state index contributed by atoms with van der Waals surface area (Å²) in [7, 11) is 0. The summed E-state index contributed by atoms with van der Waals surface area (Å²) < 4.78 is 6.43. The normalized spacial score (nSPS) is 12.2. The molecule has 0 bridgehead atoms. The van der Waals surface area contributed by atoms with E-state index >= 15 is 0 Å². The molecule has 0 amide bonds. The molecule has 160 valence electrons. The van der Waals surface area contributed by atoms with Gasteiger partial charge in [0.25, 0.3) is 0 Å². The van der Waals surface area contributed by atoms with E-state index in [1.54, 1.807) is 12.4 Å². The van der Waals surface area contributed by atoms with Crippen LogP contribution in [-0.4, -0.2) is 29.6 Å². The number of pyridine rings is 1. The molecule has 0 radical (unpaired) electrons. The number of nitrogens with zero attached hydrogens (tertiary/aromatic N) is 4. The van der Waals surface area contributed by atoms with Crippen molar-refractivity contribution >= 4 is 33.2 Å². The summed E-state index contributed by atoms with van der Waals surface area (Å²) >= 11 is 0. The van der Waals surface area contributed by atoms with Gasteiger partial charge >= 0.3 is 0 Å². The molecule has 1 aromatic heterocycles. The lowest BCUT2D eigenvalue weighted by Crippen LogP contribution is -2.29. The Labute approximate surface area is 186 Å². The lowest BCUT2D eigenvalue weighted by atomic mass is 10.0. The van der Waals surface area contributed by atoms with Gasteiger partial charge in [-0.05, 0) is 37.6 Å². The van der Waals surface area contributed by atoms with Crippen LogP contribution in [0.1, 0.15) is 12.5 Å². The zero-order valence-electron chi connectivity index (χ0n) is 18.2. The van der Waals surface area contributed by atoms with Gasteiger partial charge in [-0.2, -0.15) is 0 Å². The number of anilines is 1. The summed E-state index contributed by atoms with van der Waals surface area (Å²) in [5.41, 5.74) is 11.3. The van der Waals surface area contributed by atoms with E-state index in [9.17, 15) is 0 Å². The molecule has 3 aromatic rings. The van der Waals surface area contributed by atoms with Gasteiger partial charge in [0.15, 0.2) is 11.3 Å². The van der Waals surface area contributed by atoms with E-state index < -0.39 is 0 Å². The van der Waals surface area contributed by atoms with Crippen LogP contribution < -0.4 is 16.0 Å². The lowest BCUT2D eigenvalue weighted by molar-refractivity contribution is 0.613. The topological polar surface area (TPSA) is 80.5 Å². The molecule has 0 atom stereocenters. The maximum atomic E-state index is 6.43. The first-order chi connectivity index (χ1) is 15.7. The van der Waals surface area contributed by atoms with Gasteiger partial charge in [-0.1, -0.05) is 24.3 Å². The van der Waals surface area contributed by atoms with Gasteiger partial charge < -0.3 is 15.1 Å². The first-order valence-corrected chi connectivity index (χ1v) is 10.8. The Balaban J connectivity index is 1.80. The number of benzene rings is 3. The summed E-state index contributed by atoms with van der Waals surface area (Å²) in [5, 5.41) is 2.90. The molecule has 1 aliphatic carbocycles. The molecule has 2 aromatic carbocycles. The fraction of sp³-hybridized carbons (Fsp3) is 0.192. The van der Waals surface area contributed by atoms with Crippen molar-refractivity contribution in [2.45, 2.75) is 13.8 Å². The number of nitrogens with two attached hydrogens (primary N) is 1. The molecule has 2 heterocycles. The van der Waals surface area contributed by atoms with E-state index in [2.05, 4.69) is 48.0 Å². The summed E-state index contributed by atoms with van der Waals surface area (Å²) in [6.07, 6.45) is 3.49. The van der Waals surface area contributed by atoms with E-state index in [1.165, 1.54) is 0 Å². The zero-order chi connectivity index (χ0) is 22.1. The molecule has 0 fully saturated rings. The third-order valence-electron chi connectivity index (χ3n) is 5.71. The second-order valence-electron chi connectivity index (χ2n) is 7.80. The fourth-order valence-corrected chi connectivity index (χ4v) is 4.15. The predicted octanol–water partition coefficient (Wildman–Crippen LogP) is 4.81. The third kappa shape index (κ3) is 3.59. The molecule has 2 N–H and O–H groups in total. The van der Waals surface area contributed by atoms with Gasteiger partial charge in [0.05, 0.1) is 11.0 Å². The van der Waals surface area contributed by atoms with Crippen molar-refractivity contribution in [2.75, 3.05) is 24.5 Å². The number of rotatable bonds is 5. The Hall–Kier alpha value is -3.77. The summed E-state index contributed by atoms with van der Waals surface area (Å²) in [5.74, 6) is 0.711. The van der Waals surface area contributed by atoms with Gasteiger partial charge in [0.2, 0.25) is 0 Å². The predicted molar refractivity (Wildman–Crippen MR) is 129 cm³/mol. The Morgan fingerprint density at radius 1 is 1.03 bits per heavy atom. The lowest BCUT2D eigenvalue weighted by Gasteiger charge is -2.23. The molecule has 0 unspecified atom stereocenters. The highest BCUT2D eigenvalue weighted by atomic mass is 16.3. The quantitative estimate of drug-likeness (QED) is 0.324. The minimum absolute atomic E-state index is 0.601. The number of aromatic nitrogens is 2. The largest absolute Gasteiger partial charge is 0.453 e. The van der Waals surface area contributed by atoms with E-state index in [-0.39, 0.29) is 0 Å². The van der Waals surface area contributed by atoms with Crippen molar-refractivity contribution in [3.63, 3.8) is 0 Å². The second kappa shape index (κ2) is 8.40. The van der Waals surface area contributed by atoms with E-state index in [0.29, 0.717) is 12.3 Å². The van der Waals surface area contributed by atoms with Crippen LogP contribution in [0.25, 0.3) is 33.3 Å². The van der Waals surface area contributed by atoms with Crippen molar-refractivity contribution < 1.29 is 4.42 Å². The molecule has 2 aliphatic rings. The first kappa shape index (κ1) is 20.2. The van der Waals surface area contributed by atoms with Crippen LogP contribution >= 0.6 is 0 Å². The van der Waals surface area contributed by atoms with Crippen molar-refractivity contribution in [1.29, 1.82) is 0 Å². The third-order valence-corrected chi connectivity index (χ3v) is 5.71. The molecular formula is C26H25N5O. The molecule has 6 heteroatoms. The van der Waals surface area contributed by atoms with Crippen LogP contribution in [0.2, 0.25) is 0 Å². The number of hydrogen-bond donors (Lipinski definition) is 1. The Morgan fingerprint density at radius 2 is 1.81 bits per heavy atom. The van der Waals surface area contributed by atoms with Crippen LogP contribution in [0, 0.1) is 6.92 Å². The molecule has 0 spiro atoms. The van der Waals surface area contributed by atoms with Crippen LogP contribution in [0.5, 0.6) is 0 Å². The Bertz CT molecular complexity index is 1440. The molecule has 32 heavy (non-hydrogen) atoms. The van der Waals surface area contributed by atoms with Gasteiger partial charge in [-0.15, -0.1) is 0 Å². The van der Waals surface area contributed by atoms with E-state index in [0.717, 1.165) is 63.0 Å². The van der Waals surface area contributed by atoms with E-state index in [1.807, 2.05) is 30.3 Å². The average Bonchev–Trinajstić information content (AvgIpc) is 2.82. The monoisotopic (exact) mass is 423 g/mol. The minimum atomic E-state index is 0.601. The van der Waals surface area contributed by atoms with Crippen LogP contribution in [0.3, 0.4) is 0 Å². The molecule has 5 rings (SSSR count). The van der Waals surface area contributed by atoms with Crippen molar-refractivity contribution in [3.8, 4) is 11.5 Å². The standard InChI is InChI=1S/C26H25N5O/c1-3-31(13-10-27)19-14-17(2)25-23(15-19)32-24-16-22(29-18-8-11-28-12-9-18)20-6-4-5-7-21(20)26(24)30-25/h4-9,11-12,14-16H,3,10,13,27H2,1-2H3/b29-22-. The smallest absolute Gasteiger partial charge is 0.155 e. The number of likely N-dealkylation sites (N-methyl/N-ethyl adjacent to an activating group) is 1. The zero-order valence-corrected chi connectivity index (χ0v) is 18.2. The number of fused-ring (bicyclic) bond motifs is 4. The fourth-order valence-electron chi connectivity index (χ4n) is 4.15. The average molecular weight is 424 g/mol. The molecular weight excluding hydrogens is 398 g/mol. The maximum absolute atomic E-state index is 6.43. The van der Waals surface area contributed by atoms with Gasteiger partial charge in [-0.25, -0.2) is 9.98 Å². The second-order valence-corrected chi connectivity index (χ2v) is 7.80. The summed E-state index contributed by atoms with van der Waals surface area (Å²) in [4.78, 5) is 16.2. The van der Waals surface area contributed by atoms with Crippen LogP contribution in [0.15, 0.2) is 76.4 Å². The van der Waals surface area contributed by atoms with Gasteiger partial charge in [0, 0.05) is 60.6 Å². The van der Waals surface area contributed by atoms with Crippen LogP contribution in [0.4, 0.5) is 11.4 Å². The van der Waals surface area contributed by atoms with Crippen molar-refractivity contribution in [3.05, 3.63) is 77.9 Å². The van der Waals surface area contributed by atoms with Crippen molar-refractivity contribution in [2.24, 2.45) is 10.7 Å². The molecule has 1 aliphatic heterocycles. The Morgan fingerprint density at radius 3 is 2.56 bits per heavy atom. The minimum Gasteiger partial charge on any atom is -0.453 e. The molecule has 6 nitrogen and oxygen atoms in total. The van der Waals surface area contributed by atoms with E-state index in [4.69, 9.17) is 20.1 Å². The highest BCUT2D eigenvalue weighted by Gasteiger charge is 2.17. The van der Waals surface area contributed by atoms with Crippen LogP contribution in [-0.2, 0) is 0 Å². The Kier molecular flexibility index (Phi) is 5.29. The van der Waals surface area contributed by atoms with Gasteiger partial charge in [-0.3, -0.25) is 4.98 Å². The highest BCUT2D eigenvalue weighted by Crippen LogP contribution is 2.33. The number of aryl methyl sites for hydroxylation is 1. The summed E-state index contributed by atoms with van der Waals surface area (Å²) in [6, 6.07) is 18.2. The maximum Gasteiger partial charge on any atom is 0.155 e. The van der Waals surface area contributed by atoms with Crippen molar-refractivity contribution in [1.82, 2.24) is 9.97 Å². The molecule has 0 saturated heterocycles. The number of hydrogen-bond acceptors (Lipinski definition) is 6. The van der Waals surface area contributed by atoms with Gasteiger partial charge in [0.1, 0.15) is 11.2 Å². The highest BCUT2D eigenvalue weighted by molar-refractivity contribution is 5.97. The summed E-state index contributed by atoms with van der Waals surface area (Å²) in [6.45, 7) is 6.48. The molecule has 0 saturated carbocycles. The SMILES string of the molecule is CCN(CCN)c1cc(C)c2nc3c4ccccc4/c(=N\c4ccncc4)cc-3oc2c1.